The number of hydrogen-bond donors (Lipinski definition) is 1. The summed E-state index contributed by atoms with van der Waals surface area (Å²) in [5.74, 6) is 1.65. The average Bonchev–Trinajstić information content (AvgIpc) is 2.67. The average molecular weight is 330 g/mol. The van der Waals surface area contributed by atoms with E-state index in [1.54, 1.807) is 0 Å². The molecule has 0 saturated heterocycles. The van der Waals surface area contributed by atoms with Crippen LogP contribution in [0.4, 0.5) is 11.8 Å². The fourth-order valence-electron chi connectivity index (χ4n) is 3.36. The van der Waals surface area contributed by atoms with Crippen LogP contribution < -0.4 is 10.2 Å². The lowest BCUT2D eigenvalue weighted by molar-refractivity contribution is 0.586. The molecule has 0 unspecified atom stereocenters. The summed E-state index contributed by atoms with van der Waals surface area (Å²) in [6.45, 7) is 3.88. The summed E-state index contributed by atoms with van der Waals surface area (Å²) in [6, 6.07) is 21.4. The zero-order valence-electron chi connectivity index (χ0n) is 14.4. The van der Waals surface area contributed by atoms with Crippen molar-refractivity contribution in [2.75, 3.05) is 10.2 Å². The summed E-state index contributed by atoms with van der Waals surface area (Å²) in [5.41, 5.74) is 4.05. The van der Waals surface area contributed by atoms with Crippen molar-refractivity contribution in [3.63, 3.8) is 0 Å². The van der Waals surface area contributed by atoms with Crippen molar-refractivity contribution in [2.45, 2.75) is 32.5 Å². The second kappa shape index (κ2) is 6.93. The highest BCUT2D eigenvalue weighted by Gasteiger charge is 2.23. The van der Waals surface area contributed by atoms with Gasteiger partial charge in [0, 0.05) is 25.3 Å². The zero-order chi connectivity index (χ0) is 17.1. The molecule has 3 aromatic rings. The molecule has 126 valence electrons. The minimum atomic E-state index is 0.423. The standard InChI is InChI=1S/C21H22N4/c1-16-13-18-9-5-6-10-19(18)15-25(16)20-11-12-22-21(24-20)23-14-17-7-3-2-4-8-17/h2-12,16H,13-15H2,1H3,(H,22,23,24)/t16-/m0/s1. The van der Waals surface area contributed by atoms with E-state index in [1.807, 2.05) is 30.5 Å². The van der Waals surface area contributed by atoms with E-state index >= 15 is 0 Å². The lowest BCUT2D eigenvalue weighted by Gasteiger charge is -2.35. The molecule has 1 aromatic heterocycles. The Morgan fingerprint density at radius 2 is 1.76 bits per heavy atom. The second-order valence-electron chi connectivity index (χ2n) is 6.53. The van der Waals surface area contributed by atoms with E-state index in [0.717, 1.165) is 25.3 Å². The quantitative estimate of drug-likeness (QED) is 0.784. The molecule has 4 nitrogen and oxygen atoms in total. The van der Waals surface area contributed by atoms with Gasteiger partial charge in [-0.2, -0.15) is 4.98 Å². The maximum Gasteiger partial charge on any atom is 0.224 e. The van der Waals surface area contributed by atoms with Crippen molar-refractivity contribution in [2.24, 2.45) is 0 Å². The van der Waals surface area contributed by atoms with Gasteiger partial charge in [-0.3, -0.25) is 0 Å². The third kappa shape index (κ3) is 3.48. The summed E-state index contributed by atoms with van der Waals surface area (Å²) in [6.07, 6.45) is 2.88. The van der Waals surface area contributed by atoms with Crippen LogP contribution in [0.15, 0.2) is 66.9 Å². The van der Waals surface area contributed by atoms with Crippen LogP contribution in [0, 0.1) is 0 Å². The molecule has 25 heavy (non-hydrogen) atoms. The lowest BCUT2D eigenvalue weighted by atomic mass is 9.95. The van der Waals surface area contributed by atoms with E-state index in [2.05, 4.69) is 58.5 Å². The van der Waals surface area contributed by atoms with Crippen LogP contribution in [0.5, 0.6) is 0 Å². The molecule has 2 heterocycles. The molecule has 0 spiro atoms. The van der Waals surface area contributed by atoms with Crippen LogP contribution >= 0.6 is 0 Å². The molecular formula is C21H22N4. The molecule has 4 rings (SSSR count). The fraction of sp³-hybridized carbons (Fsp3) is 0.238. The summed E-state index contributed by atoms with van der Waals surface area (Å²) in [5, 5.41) is 3.33. The van der Waals surface area contributed by atoms with Crippen molar-refractivity contribution < 1.29 is 0 Å². The third-order valence-electron chi connectivity index (χ3n) is 4.74. The predicted molar refractivity (Wildman–Crippen MR) is 102 cm³/mol. The zero-order valence-corrected chi connectivity index (χ0v) is 14.4. The van der Waals surface area contributed by atoms with Gasteiger partial charge in [0.05, 0.1) is 0 Å². The number of rotatable bonds is 4. The van der Waals surface area contributed by atoms with Gasteiger partial charge in [0.2, 0.25) is 5.95 Å². The van der Waals surface area contributed by atoms with Gasteiger partial charge in [0.25, 0.3) is 0 Å². The number of anilines is 2. The first-order valence-corrected chi connectivity index (χ1v) is 8.74. The van der Waals surface area contributed by atoms with E-state index < -0.39 is 0 Å². The smallest absolute Gasteiger partial charge is 0.224 e. The summed E-state index contributed by atoms with van der Waals surface area (Å²) >= 11 is 0. The van der Waals surface area contributed by atoms with E-state index in [-0.39, 0.29) is 0 Å². The van der Waals surface area contributed by atoms with E-state index in [0.29, 0.717) is 12.0 Å². The van der Waals surface area contributed by atoms with Gasteiger partial charge in [-0.15, -0.1) is 0 Å². The largest absolute Gasteiger partial charge is 0.350 e. The molecule has 1 N–H and O–H groups in total. The lowest BCUT2D eigenvalue weighted by Crippen LogP contribution is -2.39. The third-order valence-corrected chi connectivity index (χ3v) is 4.74. The van der Waals surface area contributed by atoms with Gasteiger partial charge in [-0.25, -0.2) is 4.98 Å². The van der Waals surface area contributed by atoms with Crippen LogP contribution in [-0.2, 0) is 19.5 Å². The van der Waals surface area contributed by atoms with Crippen molar-refractivity contribution in [3.05, 3.63) is 83.6 Å². The van der Waals surface area contributed by atoms with Crippen molar-refractivity contribution in [3.8, 4) is 0 Å². The highest BCUT2D eigenvalue weighted by Crippen LogP contribution is 2.27. The minimum Gasteiger partial charge on any atom is -0.350 e. The predicted octanol–water partition coefficient (Wildman–Crippen LogP) is 4.04. The first-order valence-electron chi connectivity index (χ1n) is 8.74. The van der Waals surface area contributed by atoms with Gasteiger partial charge >= 0.3 is 0 Å². The molecular weight excluding hydrogens is 308 g/mol. The number of benzene rings is 2. The van der Waals surface area contributed by atoms with Gasteiger partial charge in [0.1, 0.15) is 5.82 Å². The Kier molecular flexibility index (Phi) is 4.34. The minimum absolute atomic E-state index is 0.423. The first kappa shape index (κ1) is 15.6. The van der Waals surface area contributed by atoms with Gasteiger partial charge in [0.15, 0.2) is 0 Å². The molecule has 0 fully saturated rings. The molecule has 2 aromatic carbocycles. The molecule has 1 aliphatic rings. The number of fused-ring (bicyclic) bond motifs is 1. The van der Waals surface area contributed by atoms with Crippen LogP contribution in [0.1, 0.15) is 23.6 Å². The maximum atomic E-state index is 4.74. The van der Waals surface area contributed by atoms with Crippen LogP contribution in [0.3, 0.4) is 0 Å². The molecule has 0 bridgehead atoms. The van der Waals surface area contributed by atoms with Crippen molar-refractivity contribution in [1.82, 2.24) is 9.97 Å². The molecule has 0 radical (unpaired) electrons. The first-order chi connectivity index (χ1) is 12.3. The molecule has 1 aliphatic heterocycles. The number of nitrogens with zero attached hydrogens (tertiary/aromatic N) is 3. The molecule has 0 amide bonds. The SMILES string of the molecule is C[C@H]1Cc2ccccc2CN1c1ccnc(NCc2ccccc2)n1. The Hall–Kier alpha value is -2.88. The topological polar surface area (TPSA) is 41.1 Å². The number of hydrogen-bond acceptors (Lipinski definition) is 4. The van der Waals surface area contributed by atoms with Crippen molar-refractivity contribution >= 4 is 11.8 Å². The number of nitrogens with one attached hydrogen (secondary N) is 1. The maximum absolute atomic E-state index is 4.74. The normalized spacial score (nSPS) is 16.4. The van der Waals surface area contributed by atoms with Gasteiger partial charge in [-0.1, -0.05) is 54.6 Å². The molecule has 4 heteroatoms. The van der Waals surface area contributed by atoms with E-state index in [9.17, 15) is 0 Å². The summed E-state index contributed by atoms with van der Waals surface area (Å²) in [7, 11) is 0. The Balaban J connectivity index is 1.51. The Morgan fingerprint density at radius 3 is 2.60 bits per heavy atom. The van der Waals surface area contributed by atoms with Crippen LogP contribution in [0.25, 0.3) is 0 Å². The molecule has 0 saturated carbocycles. The Labute approximate surface area is 148 Å². The Morgan fingerprint density at radius 1 is 1.00 bits per heavy atom. The molecule has 0 aliphatic carbocycles. The van der Waals surface area contributed by atoms with E-state index in [4.69, 9.17) is 4.98 Å². The summed E-state index contributed by atoms with van der Waals surface area (Å²) < 4.78 is 0. The highest BCUT2D eigenvalue weighted by molar-refractivity contribution is 5.48. The van der Waals surface area contributed by atoms with Crippen LogP contribution in [0.2, 0.25) is 0 Å². The fourth-order valence-corrected chi connectivity index (χ4v) is 3.36. The van der Waals surface area contributed by atoms with Crippen LogP contribution in [-0.4, -0.2) is 16.0 Å². The molecule has 1 atom stereocenters. The summed E-state index contributed by atoms with van der Waals surface area (Å²) in [4.78, 5) is 11.5. The highest BCUT2D eigenvalue weighted by atomic mass is 15.2. The monoisotopic (exact) mass is 330 g/mol. The Bertz CT molecular complexity index is 847. The second-order valence-corrected chi connectivity index (χ2v) is 6.53. The van der Waals surface area contributed by atoms with Crippen molar-refractivity contribution in [1.29, 1.82) is 0 Å². The number of aromatic nitrogens is 2. The van der Waals surface area contributed by atoms with Gasteiger partial charge in [-0.05, 0) is 36.1 Å². The van der Waals surface area contributed by atoms with E-state index in [1.165, 1.54) is 16.7 Å². The van der Waals surface area contributed by atoms with Gasteiger partial charge < -0.3 is 10.2 Å².